The van der Waals surface area contributed by atoms with Crippen LogP contribution in [0.15, 0.2) is 24.3 Å². The van der Waals surface area contributed by atoms with E-state index in [0.717, 1.165) is 18.7 Å². The molecule has 0 radical (unpaired) electrons. The lowest BCUT2D eigenvalue weighted by molar-refractivity contribution is 0.0697. The summed E-state index contributed by atoms with van der Waals surface area (Å²) in [4.78, 5) is 10.6. The third-order valence-corrected chi connectivity index (χ3v) is 1.69. The molecule has 0 unspecified atom stereocenters. The molecular weight excluding hydrogens is 166 g/mol. The molecule has 0 saturated carbocycles. The Balaban J connectivity index is 2.73. The first kappa shape index (κ1) is 9.58. The number of nitrogens with one attached hydrogen (secondary N) is 1. The summed E-state index contributed by atoms with van der Waals surface area (Å²) in [7, 11) is 0. The van der Waals surface area contributed by atoms with Gasteiger partial charge in [0, 0.05) is 12.2 Å². The monoisotopic (exact) mass is 179 g/mol. The van der Waals surface area contributed by atoms with Crippen molar-refractivity contribution in [3.05, 3.63) is 29.8 Å². The van der Waals surface area contributed by atoms with E-state index in [-0.39, 0.29) is 0 Å². The topological polar surface area (TPSA) is 49.3 Å². The molecule has 0 saturated heterocycles. The highest BCUT2D eigenvalue weighted by Gasteiger charge is 2.01. The maximum atomic E-state index is 10.6. The highest BCUT2D eigenvalue weighted by Crippen LogP contribution is 2.10. The van der Waals surface area contributed by atoms with E-state index in [4.69, 9.17) is 5.11 Å². The molecule has 0 bridgehead atoms. The molecule has 0 spiro atoms. The maximum Gasteiger partial charge on any atom is 0.335 e. The van der Waals surface area contributed by atoms with Crippen molar-refractivity contribution in [1.82, 2.24) is 0 Å². The number of benzene rings is 1. The van der Waals surface area contributed by atoms with Crippen LogP contribution in [0, 0.1) is 0 Å². The van der Waals surface area contributed by atoms with Crippen LogP contribution < -0.4 is 5.32 Å². The number of carboxylic acid groups (broad SMARTS) is 1. The quantitative estimate of drug-likeness (QED) is 0.745. The molecule has 1 aromatic carbocycles. The lowest BCUT2D eigenvalue weighted by Crippen LogP contribution is -2.02. The fourth-order valence-electron chi connectivity index (χ4n) is 1.03. The van der Waals surface area contributed by atoms with E-state index in [1.165, 1.54) is 0 Å². The Morgan fingerprint density at radius 1 is 1.54 bits per heavy atom. The van der Waals surface area contributed by atoms with Gasteiger partial charge in [0.15, 0.2) is 0 Å². The van der Waals surface area contributed by atoms with Gasteiger partial charge in [0.1, 0.15) is 0 Å². The fourth-order valence-corrected chi connectivity index (χ4v) is 1.03. The number of carbonyl (C=O) groups is 1. The summed E-state index contributed by atoms with van der Waals surface area (Å²) in [5, 5.41) is 11.8. The van der Waals surface area contributed by atoms with E-state index in [1.807, 2.05) is 6.07 Å². The first-order valence-corrected chi connectivity index (χ1v) is 4.31. The second-order valence-electron chi connectivity index (χ2n) is 2.81. The Labute approximate surface area is 77.4 Å². The fraction of sp³-hybridized carbons (Fsp3) is 0.300. The normalized spacial score (nSPS) is 9.62. The predicted octanol–water partition coefficient (Wildman–Crippen LogP) is 2.21. The lowest BCUT2D eigenvalue weighted by atomic mass is 10.2. The van der Waals surface area contributed by atoms with Crippen LogP contribution in [0.25, 0.3) is 0 Å². The van der Waals surface area contributed by atoms with Crippen LogP contribution in [-0.2, 0) is 0 Å². The molecule has 3 nitrogen and oxygen atoms in total. The Morgan fingerprint density at radius 3 is 2.92 bits per heavy atom. The number of hydrogen-bond donors (Lipinski definition) is 2. The summed E-state index contributed by atoms with van der Waals surface area (Å²) in [5.41, 5.74) is 1.18. The zero-order valence-corrected chi connectivity index (χ0v) is 7.58. The van der Waals surface area contributed by atoms with Gasteiger partial charge in [-0.3, -0.25) is 0 Å². The van der Waals surface area contributed by atoms with Gasteiger partial charge in [-0.2, -0.15) is 0 Å². The van der Waals surface area contributed by atoms with Crippen LogP contribution in [0.2, 0.25) is 0 Å². The molecule has 0 aliphatic heterocycles. The molecule has 3 heteroatoms. The number of rotatable bonds is 4. The molecule has 0 aliphatic rings. The number of anilines is 1. The SMILES string of the molecule is CCCNc1cccc(C(=O)O)c1. The standard InChI is InChI=1S/C10H13NO2/c1-2-6-11-9-5-3-4-8(7-9)10(12)13/h3-5,7,11H,2,6H2,1H3,(H,12,13). The van der Waals surface area contributed by atoms with Crippen molar-refractivity contribution in [2.45, 2.75) is 13.3 Å². The molecule has 0 aromatic heterocycles. The first-order chi connectivity index (χ1) is 6.24. The molecule has 0 atom stereocenters. The van der Waals surface area contributed by atoms with Gasteiger partial charge in [-0.1, -0.05) is 13.0 Å². The average molecular weight is 179 g/mol. The molecule has 1 aromatic rings. The predicted molar refractivity (Wildman–Crippen MR) is 52.2 cm³/mol. The van der Waals surface area contributed by atoms with E-state index in [0.29, 0.717) is 5.56 Å². The summed E-state index contributed by atoms with van der Waals surface area (Å²) >= 11 is 0. The zero-order valence-electron chi connectivity index (χ0n) is 7.58. The van der Waals surface area contributed by atoms with Crippen molar-refractivity contribution >= 4 is 11.7 Å². The minimum absolute atomic E-state index is 0.320. The van der Waals surface area contributed by atoms with Gasteiger partial charge >= 0.3 is 5.97 Å². The van der Waals surface area contributed by atoms with Crippen molar-refractivity contribution in [3.8, 4) is 0 Å². The highest BCUT2D eigenvalue weighted by atomic mass is 16.4. The first-order valence-electron chi connectivity index (χ1n) is 4.31. The molecular formula is C10H13NO2. The Bertz CT molecular complexity index is 297. The number of aromatic carboxylic acids is 1. The molecule has 1 rings (SSSR count). The molecule has 70 valence electrons. The highest BCUT2D eigenvalue weighted by molar-refractivity contribution is 5.88. The molecule has 0 aliphatic carbocycles. The minimum atomic E-state index is -0.889. The third-order valence-electron chi connectivity index (χ3n) is 1.69. The molecule has 2 N–H and O–H groups in total. The second-order valence-corrected chi connectivity index (χ2v) is 2.81. The van der Waals surface area contributed by atoms with Gasteiger partial charge in [0.2, 0.25) is 0 Å². The molecule has 0 fully saturated rings. The largest absolute Gasteiger partial charge is 0.478 e. The van der Waals surface area contributed by atoms with Gasteiger partial charge in [-0.15, -0.1) is 0 Å². The smallest absolute Gasteiger partial charge is 0.335 e. The van der Waals surface area contributed by atoms with Crippen molar-refractivity contribution in [2.75, 3.05) is 11.9 Å². The maximum absolute atomic E-state index is 10.6. The minimum Gasteiger partial charge on any atom is -0.478 e. The molecule has 13 heavy (non-hydrogen) atoms. The second kappa shape index (κ2) is 4.50. The van der Waals surface area contributed by atoms with Crippen molar-refractivity contribution in [3.63, 3.8) is 0 Å². The van der Waals surface area contributed by atoms with Crippen molar-refractivity contribution in [1.29, 1.82) is 0 Å². The van der Waals surface area contributed by atoms with Gasteiger partial charge in [-0.05, 0) is 24.6 Å². The summed E-state index contributed by atoms with van der Waals surface area (Å²) in [6.45, 7) is 2.93. The Hall–Kier alpha value is -1.51. The van der Waals surface area contributed by atoms with E-state index in [9.17, 15) is 4.79 Å². The third kappa shape index (κ3) is 2.78. The van der Waals surface area contributed by atoms with E-state index in [1.54, 1.807) is 18.2 Å². The molecule has 0 amide bonds. The Kier molecular flexibility index (Phi) is 3.31. The van der Waals surface area contributed by atoms with Crippen LogP contribution in [0.3, 0.4) is 0 Å². The van der Waals surface area contributed by atoms with Crippen LogP contribution in [0.4, 0.5) is 5.69 Å². The zero-order chi connectivity index (χ0) is 9.68. The van der Waals surface area contributed by atoms with Gasteiger partial charge in [-0.25, -0.2) is 4.79 Å². The van der Waals surface area contributed by atoms with Crippen molar-refractivity contribution < 1.29 is 9.90 Å². The summed E-state index contributed by atoms with van der Waals surface area (Å²) in [6.07, 6.45) is 1.03. The van der Waals surface area contributed by atoms with Crippen LogP contribution >= 0.6 is 0 Å². The van der Waals surface area contributed by atoms with Crippen molar-refractivity contribution in [2.24, 2.45) is 0 Å². The van der Waals surface area contributed by atoms with Crippen LogP contribution in [-0.4, -0.2) is 17.6 Å². The van der Waals surface area contributed by atoms with E-state index < -0.39 is 5.97 Å². The van der Waals surface area contributed by atoms with Gasteiger partial charge in [0.25, 0.3) is 0 Å². The number of carboxylic acids is 1. The van der Waals surface area contributed by atoms with Gasteiger partial charge < -0.3 is 10.4 Å². The summed E-state index contributed by atoms with van der Waals surface area (Å²) in [6, 6.07) is 6.82. The Morgan fingerprint density at radius 2 is 2.31 bits per heavy atom. The molecule has 0 heterocycles. The van der Waals surface area contributed by atoms with E-state index >= 15 is 0 Å². The van der Waals surface area contributed by atoms with Gasteiger partial charge in [0.05, 0.1) is 5.56 Å². The summed E-state index contributed by atoms with van der Waals surface area (Å²) in [5.74, 6) is -0.889. The lowest BCUT2D eigenvalue weighted by Gasteiger charge is -2.04. The van der Waals surface area contributed by atoms with Crippen LogP contribution in [0.5, 0.6) is 0 Å². The van der Waals surface area contributed by atoms with Crippen LogP contribution in [0.1, 0.15) is 23.7 Å². The number of hydrogen-bond acceptors (Lipinski definition) is 2. The average Bonchev–Trinajstić information content (AvgIpc) is 2.15. The summed E-state index contributed by atoms with van der Waals surface area (Å²) < 4.78 is 0. The van der Waals surface area contributed by atoms with E-state index in [2.05, 4.69) is 12.2 Å².